The average Bonchev–Trinajstić information content (AvgIpc) is 3.10. The van der Waals surface area contributed by atoms with Crippen LogP contribution in [0, 0.1) is 21.4 Å². The van der Waals surface area contributed by atoms with Crippen molar-refractivity contribution in [3.8, 4) is 11.8 Å². The highest BCUT2D eigenvalue weighted by molar-refractivity contribution is 7.22. The number of H-pyrrole nitrogens is 1. The van der Waals surface area contributed by atoms with E-state index < -0.39 is 16.4 Å². The van der Waals surface area contributed by atoms with Crippen LogP contribution in [0.2, 0.25) is 0 Å². The third kappa shape index (κ3) is 2.55. The number of thiazole rings is 1. The molecule has 0 saturated carbocycles. The quantitative estimate of drug-likeness (QED) is 0.448. The normalized spacial score (nSPS) is 15.6. The van der Waals surface area contributed by atoms with E-state index in [1.807, 2.05) is 6.07 Å². The standard InChI is InChI=1S/C17H12N6O4S/c1-20-17-22-15-13(28-17)12-11(16(24)21-15)10(9(6-18)14(19)27-12)7-2-4-8(5-3-7)23(25)26/h2-5,10H,19H2,1H3,(H2,20,21,22,24). The lowest BCUT2D eigenvalue weighted by atomic mass is 9.84. The van der Waals surface area contributed by atoms with Crippen molar-refractivity contribution in [3.63, 3.8) is 0 Å². The number of nitriles is 1. The minimum absolute atomic E-state index is 0.0598. The van der Waals surface area contributed by atoms with Crippen LogP contribution >= 0.6 is 11.3 Å². The Kier molecular flexibility index (Phi) is 3.98. The number of nitrogens with zero attached hydrogens (tertiary/aromatic N) is 3. The van der Waals surface area contributed by atoms with Crippen LogP contribution in [-0.4, -0.2) is 21.9 Å². The van der Waals surface area contributed by atoms with Crippen LogP contribution in [0.5, 0.6) is 5.75 Å². The lowest BCUT2D eigenvalue weighted by Gasteiger charge is -2.25. The van der Waals surface area contributed by atoms with Gasteiger partial charge >= 0.3 is 0 Å². The Morgan fingerprint density at radius 1 is 1.43 bits per heavy atom. The van der Waals surface area contributed by atoms with Crippen molar-refractivity contribution >= 4 is 32.5 Å². The minimum Gasteiger partial charge on any atom is -0.438 e. The topological polar surface area (TPSA) is 160 Å². The maximum Gasteiger partial charge on any atom is 0.269 e. The Balaban J connectivity index is 2.00. The van der Waals surface area contributed by atoms with Crippen molar-refractivity contribution in [1.29, 1.82) is 5.26 Å². The first-order valence-electron chi connectivity index (χ1n) is 8.01. The lowest BCUT2D eigenvalue weighted by Crippen LogP contribution is -2.27. The largest absolute Gasteiger partial charge is 0.438 e. The number of benzene rings is 1. The number of hydrogen-bond donors (Lipinski definition) is 3. The van der Waals surface area contributed by atoms with Gasteiger partial charge in [0, 0.05) is 19.2 Å². The molecule has 3 aromatic rings. The average molecular weight is 396 g/mol. The van der Waals surface area contributed by atoms with Gasteiger partial charge in [0.25, 0.3) is 11.2 Å². The molecule has 2 aromatic heterocycles. The predicted molar refractivity (Wildman–Crippen MR) is 102 cm³/mol. The number of hydrogen-bond acceptors (Lipinski definition) is 9. The number of allylic oxidation sites excluding steroid dienone is 1. The van der Waals surface area contributed by atoms with Gasteiger partial charge in [0.1, 0.15) is 16.3 Å². The Hall–Kier alpha value is -3.91. The zero-order valence-electron chi connectivity index (χ0n) is 14.3. The SMILES string of the molecule is CNc1nc2[nH]c(=O)c3c(c2s1)OC(N)=C(C#N)C3c1ccc([N+](=O)[O-])cc1. The summed E-state index contributed by atoms with van der Waals surface area (Å²) in [5.74, 6) is -0.704. The molecule has 0 radical (unpaired) electrons. The number of nitro benzene ring substituents is 1. The zero-order valence-corrected chi connectivity index (χ0v) is 15.2. The summed E-state index contributed by atoms with van der Waals surface area (Å²) in [5.41, 5.74) is 6.52. The molecule has 0 bridgehead atoms. The summed E-state index contributed by atoms with van der Waals surface area (Å²) in [5, 5.41) is 24.0. The maximum atomic E-state index is 12.8. The van der Waals surface area contributed by atoms with E-state index in [0.717, 1.165) is 0 Å². The molecule has 0 aliphatic carbocycles. The molecule has 28 heavy (non-hydrogen) atoms. The Morgan fingerprint density at radius 2 is 2.14 bits per heavy atom. The van der Waals surface area contributed by atoms with Gasteiger partial charge in [0.2, 0.25) is 5.88 Å². The van der Waals surface area contributed by atoms with Crippen LogP contribution in [0.15, 0.2) is 40.5 Å². The van der Waals surface area contributed by atoms with Gasteiger partial charge in [-0.1, -0.05) is 23.5 Å². The van der Waals surface area contributed by atoms with Crippen molar-refractivity contribution in [1.82, 2.24) is 9.97 Å². The second-order valence-corrected chi connectivity index (χ2v) is 6.92. The second kappa shape index (κ2) is 6.36. The highest BCUT2D eigenvalue weighted by Crippen LogP contribution is 2.45. The van der Waals surface area contributed by atoms with E-state index in [1.54, 1.807) is 7.05 Å². The van der Waals surface area contributed by atoms with Gasteiger partial charge in [-0.15, -0.1) is 0 Å². The highest BCUT2D eigenvalue weighted by atomic mass is 32.1. The molecule has 4 N–H and O–H groups in total. The van der Waals surface area contributed by atoms with Gasteiger partial charge in [0.05, 0.1) is 16.4 Å². The number of rotatable bonds is 3. The molecular weight excluding hydrogens is 384 g/mol. The molecule has 3 heterocycles. The van der Waals surface area contributed by atoms with Crippen LogP contribution in [-0.2, 0) is 0 Å². The van der Waals surface area contributed by atoms with E-state index in [1.165, 1.54) is 35.6 Å². The Labute approximate surface area is 161 Å². The number of non-ortho nitro benzene ring substituents is 1. The van der Waals surface area contributed by atoms with Gasteiger partial charge in [-0.3, -0.25) is 14.9 Å². The highest BCUT2D eigenvalue weighted by Gasteiger charge is 2.35. The predicted octanol–water partition coefficient (Wildman–Crippen LogP) is 2.15. The van der Waals surface area contributed by atoms with Gasteiger partial charge in [-0.2, -0.15) is 5.26 Å². The number of nitro groups is 1. The lowest BCUT2D eigenvalue weighted by molar-refractivity contribution is -0.384. The minimum atomic E-state index is -0.817. The zero-order chi connectivity index (χ0) is 20.0. The Morgan fingerprint density at radius 3 is 2.75 bits per heavy atom. The van der Waals surface area contributed by atoms with E-state index in [9.17, 15) is 20.2 Å². The van der Waals surface area contributed by atoms with Crippen molar-refractivity contribution in [2.75, 3.05) is 12.4 Å². The number of aromatic amines is 1. The van der Waals surface area contributed by atoms with E-state index in [4.69, 9.17) is 10.5 Å². The number of anilines is 1. The van der Waals surface area contributed by atoms with Crippen LogP contribution < -0.4 is 21.3 Å². The fraction of sp³-hybridized carbons (Fsp3) is 0.118. The molecule has 10 nitrogen and oxygen atoms in total. The molecule has 11 heteroatoms. The molecule has 1 aromatic carbocycles. The van der Waals surface area contributed by atoms with Crippen molar-refractivity contribution in [2.24, 2.45) is 5.73 Å². The summed E-state index contributed by atoms with van der Waals surface area (Å²) in [7, 11) is 1.70. The molecular formula is C17H12N6O4S. The van der Waals surface area contributed by atoms with E-state index in [-0.39, 0.29) is 28.5 Å². The number of aromatic nitrogens is 2. The monoisotopic (exact) mass is 396 g/mol. The maximum absolute atomic E-state index is 12.8. The summed E-state index contributed by atoms with van der Waals surface area (Å²) in [6.07, 6.45) is 0. The summed E-state index contributed by atoms with van der Waals surface area (Å²) < 4.78 is 6.23. The first kappa shape index (κ1) is 17.5. The van der Waals surface area contributed by atoms with Crippen molar-refractivity contribution in [3.05, 3.63) is 67.3 Å². The van der Waals surface area contributed by atoms with Gasteiger partial charge < -0.3 is 20.8 Å². The van der Waals surface area contributed by atoms with Gasteiger partial charge in [-0.25, -0.2) is 4.98 Å². The first-order chi connectivity index (χ1) is 13.4. The van der Waals surface area contributed by atoms with Crippen LogP contribution in [0.1, 0.15) is 17.0 Å². The molecule has 1 aliphatic rings. The molecule has 1 aliphatic heterocycles. The third-order valence-corrected chi connectivity index (χ3v) is 5.45. The third-order valence-electron chi connectivity index (χ3n) is 4.38. The van der Waals surface area contributed by atoms with Crippen molar-refractivity contribution < 1.29 is 9.66 Å². The Bertz CT molecular complexity index is 1250. The smallest absolute Gasteiger partial charge is 0.269 e. The second-order valence-electron chi connectivity index (χ2n) is 5.92. The molecule has 1 atom stereocenters. The van der Waals surface area contributed by atoms with Crippen LogP contribution in [0.4, 0.5) is 10.8 Å². The number of fused-ring (bicyclic) bond motifs is 3. The van der Waals surface area contributed by atoms with Crippen molar-refractivity contribution in [2.45, 2.75) is 5.92 Å². The number of pyridine rings is 1. The summed E-state index contributed by atoms with van der Waals surface area (Å²) in [6.45, 7) is 0. The summed E-state index contributed by atoms with van der Waals surface area (Å²) in [4.78, 5) is 30.2. The first-order valence-corrected chi connectivity index (χ1v) is 8.82. The van der Waals surface area contributed by atoms with Gasteiger partial charge in [0.15, 0.2) is 16.5 Å². The number of nitrogens with two attached hydrogens (primary N) is 1. The summed E-state index contributed by atoms with van der Waals surface area (Å²) in [6, 6.07) is 7.61. The molecule has 4 rings (SSSR count). The van der Waals surface area contributed by atoms with E-state index in [2.05, 4.69) is 15.3 Å². The summed E-state index contributed by atoms with van der Waals surface area (Å²) >= 11 is 1.27. The molecule has 0 saturated heterocycles. The molecule has 0 fully saturated rings. The molecule has 0 spiro atoms. The van der Waals surface area contributed by atoms with Crippen LogP contribution in [0.3, 0.4) is 0 Å². The van der Waals surface area contributed by atoms with Gasteiger partial charge in [-0.05, 0) is 5.56 Å². The van der Waals surface area contributed by atoms with E-state index in [0.29, 0.717) is 21.0 Å². The van der Waals surface area contributed by atoms with Crippen LogP contribution in [0.25, 0.3) is 10.3 Å². The molecule has 0 amide bonds. The number of nitrogens with one attached hydrogen (secondary N) is 2. The number of ether oxygens (including phenoxy) is 1. The van der Waals surface area contributed by atoms with E-state index >= 15 is 0 Å². The molecule has 140 valence electrons. The molecule has 1 unspecified atom stereocenters. The fourth-order valence-electron chi connectivity index (χ4n) is 3.12. The fourth-order valence-corrected chi connectivity index (χ4v) is 3.99.